The van der Waals surface area contributed by atoms with Gasteiger partial charge in [0.05, 0.1) is 13.2 Å². The van der Waals surface area contributed by atoms with Crippen LogP contribution in [-0.4, -0.2) is 18.1 Å². The molecule has 0 heterocycles. The maximum absolute atomic E-state index is 11.3. The van der Waals surface area contributed by atoms with Crippen molar-refractivity contribution >= 4 is 7.82 Å². The number of rotatable bonds is 16. The van der Waals surface area contributed by atoms with Crippen molar-refractivity contribution in [2.45, 2.75) is 77.6 Å². The Balaban J connectivity index is 3.22. The van der Waals surface area contributed by atoms with Crippen LogP contribution in [0.2, 0.25) is 0 Å². The zero-order valence-electron chi connectivity index (χ0n) is 13.6. The molecule has 1 unspecified atom stereocenters. The second kappa shape index (κ2) is 14.8. The monoisotopic (exact) mass is 320 g/mol. The Morgan fingerprint density at radius 3 is 1.86 bits per heavy atom. The molecule has 0 aliphatic heterocycles. The van der Waals surface area contributed by atoms with E-state index in [0.29, 0.717) is 0 Å². The molecule has 0 aromatic heterocycles. The van der Waals surface area contributed by atoms with Crippen LogP contribution in [0.15, 0.2) is 12.7 Å². The maximum atomic E-state index is 11.3. The van der Waals surface area contributed by atoms with Gasteiger partial charge in [-0.25, -0.2) is 4.57 Å². The van der Waals surface area contributed by atoms with Crippen LogP contribution in [0.5, 0.6) is 0 Å². The standard InChI is InChI=1S/C16H33O4P/c1-3-5-6-7-8-9-10-11-12-13-14-16-20-21(17,18)19-15-4-2/h4H,2-3,5-16H2,1H3,(H,17,18). The summed E-state index contributed by atoms with van der Waals surface area (Å²) in [5.74, 6) is 0. The van der Waals surface area contributed by atoms with Crippen LogP contribution in [0.25, 0.3) is 0 Å². The zero-order valence-corrected chi connectivity index (χ0v) is 14.5. The van der Waals surface area contributed by atoms with Gasteiger partial charge in [-0.2, -0.15) is 0 Å². The molecule has 0 rings (SSSR count). The third kappa shape index (κ3) is 16.1. The molecule has 0 aliphatic carbocycles. The van der Waals surface area contributed by atoms with E-state index in [1.807, 2.05) is 0 Å². The van der Waals surface area contributed by atoms with Crippen LogP contribution >= 0.6 is 7.82 Å². The molecule has 0 fully saturated rings. The highest BCUT2D eigenvalue weighted by Crippen LogP contribution is 2.43. The van der Waals surface area contributed by atoms with Gasteiger partial charge in [0.2, 0.25) is 0 Å². The molecule has 5 heteroatoms. The third-order valence-corrected chi connectivity index (χ3v) is 4.34. The van der Waals surface area contributed by atoms with Crippen LogP contribution in [0.3, 0.4) is 0 Å². The van der Waals surface area contributed by atoms with Crippen molar-refractivity contribution in [1.29, 1.82) is 0 Å². The lowest BCUT2D eigenvalue weighted by Gasteiger charge is -2.10. The molecule has 0 spiro atoms. The number of hydrogen-bond acceptors (Lipinski definition) is 3. The number of phosphoric acid groups is 1. The molecule has 0 aromatic rings. The predicted molar refractivity (Wildman–Crippen MR) is 88.4 cm³/mol. The molecule has 0 bridgehead atoms. The number of hydrogen-bond donors (Lipinski definition) is 1. The average Bonchev–Trinajstić information content (AvgIpc) is 2.46. The summed E-state index contributed by atoms with van der Waals surface area (Å²) in [6, 6.07) is 0. The maximum Gasteiger partial charge on any atom is 0.472 e. The van der Waals surface area contributed by atoms with Crippen LogP contribution in [0.4, 0.5) is 0 Å². The summed E-state index contributed by atoms with van der Waals surface area (Å²) in [6.07, 6.45) is 15.1. The molecule has 21 heavy (non-hydrogen) atoms. The fourth-order valence-electron chi connectivity index (χ4n) is 2.13. The normalized spacial score (nSPS) is 14.0. The lowest BCUT2D eigenvalue weighted by Crippen LogP contribution is -1.97. The van der Waals surface area contributed by atoms with Crippen molar-refractivity contribution in [3.05, 3.63) is 12.7 Å². The smallest absolute Gasteiger partial charge is 0.302 e. The predicted octanol–water partition coefficient (Wildman–Crippen LogP) is 5.62. The number of unbranched alkanes of at least 4 members (excludes halogenated alkanes) is 10. The van der Waals surface area contributed by atoms with E-state index in [1.165, 1.54) is 63.9 Å². The Labute approximate surface area is 130 Å². The van der Waals surface area contributed by atoms with Crippen LogP contribution < -0.4 is 0 Å². The van der Waals surface area contributed by atoms with Crippen LogP contribution in [0, 0.1) is 0 Å². The summed E-state index contributed by atoms with van der Waals surface area (Å²) in [7, 11) is -3.86. The summed E-state index contributed by atoms with van der Waals surface area (Å²) in [6.45, 7) is 5.97. The highest BCUT2D eigenvalue weighted by Gasteiger charge is 2.19. The first-order chi connectivity index (χ1) is 10.1. The Morgan fingerprint density at radius 1 is 0.905 bits per heavy atom. The van der Waals surface area contributed by atoms with Gasteiger partial charge in [0.1, 0.15) is 0 Å². The van der Waals surface area contributed by atoms with Gasteiger partial charge in [-0.05, 0) is 6.42 Å². The van der Waals surface area contributed by atoms with E-state index in [2.05, 4.69) is 18.0 Å². The van der Waals surface area contributed by atoms with Gasteiger partial charge in [-0.1, -0.05) is 77.2 Å². The highest BCUT2D eigenvalue weighted by molar-refractivity contribution is 7.47. The lowest BCUT2D eigenvalue weighted by atomic mass is 10.1. The quantitative estimate of drug-likeness (QED) is 0.228. The fraction of sp³-hybridized carbons (Fsp3) is 0.875. The molecular weight excluding hydrogens is 287 g/mol. The van der Waals surface area contributed by atoms with E-state index in [0.717, 1.165) is 12.8 Å². The van der Waals surface area contributed by atoms with Crippen molar-refractivity contribution in [3.8, 4) is 0 Å². The molecule has 126 valence electrons. The molecule has 0 amide bonds. The average molecular weight is 320 g/mol. The molecule has 0 aliphatic rings. The van der Waals surface area contributed by atoms with Crippen molar-refractivity contribution in [1.82, 2.24) is 0 Å². The molecule has 0 saturated heterocycles. The van der Waals surface area contributed by atoms with Gasteiger partial charge in [0.25, 0.3) is 0 Å². The third-order valence-electron chi connectivity index (χ3n) is 3.36. The minimum atomic E-state index is -3.86. The summed E-state index contributed by atoms with van der Waals surface area (Å²) < 4.78 is 20.8. The Kier molecular flexibility index (Phi) is 14.7. The van der Waals surface area contributed by atoms with Gasteiger partial charge in [-0.15, -0.1) is 6.58 Å². The van der Waals surface area contributed by atoms with Crippen LogP contribution in [0.1, 0.15) is 77.6 Å². The summed E-state index contributed by atoms with van der Waals surface area (Å²) in [4.78, 5) is 9.27. The molecule has 0 radical (unpaired) electrons. The Bertz CT molecular complexity index is 281. The topological polar surface area (TPSA) is 55.8 Å². The van der Waals surface area contributed by atoms with Crippen molar-refractivity contribution < 1.29 is 18.5 Å². The lowest BCUT2D eigenvalue weighted by molar-refractivity contribution is 0.158. The highest BCUT2D eigenvalue weighted by atomic mass is 31.2. The Morgan fingerprint density at radius 2 is 1.38 bits per heavy atom. The van der Waals surface area contributed by atoms with Gasteiger partial charge >= 0.3 is 7.82 Å². The molecule has 0 saturated carbocycles. The molecule has 0 aromatic carbocycles. The van der Waals surface area contributed by atoms with Gasteiger partial charge in [0, 0.05) is 0 Å². The van der Waals surface area contributed by atoms with E-state index in [9.17, 15) is 9.46 Å². The zero-order chi connectivity index (χ0) is 15.8. The van der Waals surface area contributed by atoms with Crippen molar-refractivity contribution in [2.24, 2.45) is 0 Å². The SMILES string of the molecule is C=CCOP(=O)(O)OCCCCCCCCCCCCC. The van der Waals surface area contributed by atoms with E-state index >= 15 is 0 Å². The fourth-order valence-corrected chi connectivity index (χ4v) is 2.86. The first-order valence-electron chi connectivity index (χ1n) is 8.35. The van der Waals surface area contributed by atoms with E-state index in [-0.39, 0.29) is 13.2 Å². The van der Waals surface area contributed by atoms with Crippen molar-refractivity contribution in [3.63, 3.8) is 0 Å². The van der Waals surface area contributed by atoms with Crippen LogP contribution in [-0.2, 0) is 13.6 Å². The molecule has 1 atom stereocenters. The van der Waals surface area contributed by atoms with Crippen molar-refractivity contribution in [2.75, 3.05) is 13.2 Å². The van der Waals surface area contributed by atoms with Gasteiger partial charge in [0.15, 0.2) is 0 Å². The number of phosphoric ester groups is 1. The summed E-state index contributed by atoms with van der Waals surface area (Å²) in [5, 5.41) is 0. The van der Waals surface area contributed by atoms with Gasteiger partial charge < -0.3 is 4.89 Å². The van der Waals surface area contributed by atoms with E-state index < -0.39 is 7.82 Å². The van der Waals surface area contributed by atoms with E-state index in [4.69, 9.17) is 4.52 Å². The molecule has 4 nitrogen and oxygen atoms in total. The minimum absolute atomic E-state index is 0.0338. The second-order valence-corrected chi connectivity index (χ2v) is 6.88. The summed E-state index contributed by atoms with van der Waals surface area (Å²) >= 11 is 0. The van der Waals surface area contributed by atoms with Gasteiger partial charge in [-0.3, -0.25) is 9.05 Å². The molecular formula is C16H33O4P. The largest absolute Gasteiger partial charge is 0.472 e. The second-order valence-electron chi connectivity index (χ2n) is 5.42. The summed E-state index contributed by atoms with van der Waals surface area (Å²) in [5.41, 5.74) is 0. The Hall–Kier alpha value is -0.150. The molecule has 1 N–H and O–H groups in total. The first-order valence-corrected chi connectivity index (χ1v) is 9.84. The minimum Gasteiger partial charge on any atom is -0.302 e. The first kappa shape index (κ1) is 20.9. The van der Waals surface area contributed by atoms with E-state index in [1.54, 1.807) is 0 Å².